The fourth-order valence-electron chi connectivity index (χ4n) is 18.1. The van der Waals surface area contributed by atoms with Gasteiger partial charge in [0.1, 0.15) is 44.7 Å². The van der Waals surface area contributed by atoms with E-state index in [9.17, 15) is 0 Å². The zero-order valence-electron chi connectivity index (χ0n) is 57.8. The Balaban J connectivity index is 0.00000697. The van der Waals surface area contributed by atoms with Crippen molar-refractivity contribution in [3.63, 3.8) is 0 Å². The number of aromatic nitrogens is 4. The topological polar surface area (TPSA) is 107 Å². The van der Waals surface area contributed by atoms with Crippen LogP contribution in [0.1, 0.15) is 0 Å². The summed E-state index contributed by atoms with van der Waals surface area (Å²) < 4.78 is 27.8. The molecule has 0 saturated heterocycles. The maximum Gasteiger partial charge on any atom is 2.00 e. The zero-order chi connectivity index (χ0) is 70.1. The second kappa shape index (κ2) is 22.6. The summed E-state index contributed by atoms with van der Waals surface area (Å²) in [4.78, 5) is 25.6. The predicted octanol–water partition coefficient (Wildman–Crippen LogP) is 27.4. The summed E-state index contributed by atoms with van der Waals surface area (Å²) in [6.07, 6.45) is 0. The van der Waals surface area contributed by atoms with Crippen LogP contribution in [0.2, 0.25) is 0 Å². The molecule has 25 rings (SSSR count). The van der Waals surface area contributed by atoms with Crippen molar-refractivity contribution in [1.82, 2.24) is 19.9 Å². The number of benzene rings is 16. The maximum atomic E-state index is 6.95. The van der Waals surface area contributed by atoms with E-state index >= 15 is 0 Å². The summed E-state index contributed by atoms with van der Waals surface area (Å²) in [6, 6.07) is 113. The Morgan fingerprint density at radius 1 is 0.183 bits per heavy atom. The van der Waals surface area contributed by atoms with Gasteiger partial charge in [-0.15, -0.1) is 22.1 Å². The minimum absolute atomic E-state index is 0. The van der Waals surface area contributed by atoms with Gasteiger partial charge in [0.2, 0.25) is 0 Å². The van der Waals surface area contributed by atoms with Gasteiger partial charge < -0.3 is 27.6 Å². The van der Waals surface area contributed by atoms with E-state index in [-0.39, 0.29) is 20.4 Å². The molecule has 3 aliphatic rings. The van der Waals surface area contributed by atoms with Crippen LogP contribution in [-0.4, -0.2) is 9.97 Å². The molecule has 8 heterocycles. The number of hydrogen-bond acceptors (Lipinski definition) is 6. The molecule has 0 amide bonds. The van der Waals surface area contributed by atoms with Gasteiger partial charge in [-0.3, -0.25) is 0 Å². The van der Waals surface area contributed by atoms with Crippen LogP contribution in [0.15, 0.2) is 333 Å². The molecule has 2 aliphatic heterocycles. The Bertz CT molecular complexity index is 7270. The predicted molar refractivity (Wildman–Crippen MR) is 444 cm³/mol. The summed E-state index contributed by atoms with van der Waals surface area (Å²) in [6.45, 7) is 0. The van der Waals surface area contributed by atoms with E-state index in [1.165, 1.54) is 0 Å². The van der Waals surface area contributed by atoms with Gasteiger partial charge in [0, 0.05) is 65.3 Å². The molecule has 0 atom stereocenters. The third-order valence-electron chi connectivity index (χ3n) is 23.0. The quantitative estimate of drug-likeness (QED) is 0.160. The Morgan fingerprint density at radius 2 is 0.385 bits per heavy atom. The van der Waals surface area contributed by atoms with Crippen LogP contribution in [0.4, 0.5) is 0 Å². The first-order chi connectivity index (χ1) is 53.5. The molecule has 506 valence electrons. The standard InChI is InChI=1S/C100H52N4O4.Pd/c1-2-18-54-42-74-73(41-53(54)17-1)93-89(61-33-37-69-65-25-9-13-29-81(65)105-85(69)49-61)95-75-43-55-19-3-4-20-56(55)44-76(75)97(102-95)91(63-35-39-71-67-27-11-15-31-83(67)107-87(71)51-63)99-79-47-59-23-7-8-24-60(59)48-80(79)100(104-99)92(64-36-40-72-68-28-12-16-32-84(68)108-88(72)52-64)98-78-46-58-22-6-5-21-57(58)45-77(78)96(103-98)90(94(74)101-93)62-34-38-70-66-26-10-14-30-82(66)106-86(70)50-62;/h1-52H;/q-2;+2. The summed E-state index contributed by atoms with van der Waals surface area (Å²) in [7, 11) is 0. The number of hydrogen-bond donors (Lipinski definition) is 0. The zero-order valence-corrected chi connectivity index (χ0v) is 59.3. The molecule has 9 heteroatoms. The van der Waals surface area contributed by atoms with Crippen LogP contribution in [-0.2, 0) is 20.4 Å². The van der Waals surface area contributed by atoms with Gasteiger partial charge >= 0.3 is 20.4 Å². The molecule has 8 bridgehead atoms. The largest absolute Gasteiger partial charge is 2.00 e. The Labute approximate surface area is 633 Å². The van der Waals surface area contributed by atoms with Crippen molar-refractivity contribution in [2.75, 3.05) is 0 Å². The average Bonchev–Trinajstić information content (AvgIpc) is 1.55. The fraction of sp³-hybridized carbons (Fsp3) is 0. The van der Waals surface area contributed by atoms with Gasteiger partial charge in [0.25, 0.3) is 0 Å². The molecule has 0 spiro atoms. The molecular formula is C100H52N4O4Pd. The second-order valence-corrected chi connectivity index (χ2v) is 29.0. The molecule has 0 saturated carbocycles. The molecule has 16 aromatic carbocycles. The van der Waals surface area contributed by atoms with Crippen LogP contribution >= 0.6 is 0 Å². The average molecular weight is 1480 g/mol. The first kappa shape index (κ1) is 60.3. The molecule has 0 fully saturated rings. The third kappa shape index (κ3) is 8.74. The van der Waals surface area contributed by atoms with E-state index in [1.807, 2.05) is 48.5 Å². The molecule has 8 nitrogen and oxygen atoms in total. The van der Waals surface area contributed by atoms with Crippen molar-refractivity contribution in [3.8, 4) is 89.5 Å². The fourth-order valence-corrected chi connectivity index (χ4v) is 18.1. The van der Waals surface area contributed by atoms with Crippen molar-refractivity contribution in [3.05, 3.63) is 315 Å². The van der Waals surface area contributed by atoms with Gasteiger partial charge in [-0.1, -0.05) is 194 Å². The minimum Gasteiger partial charge on any atom is -0.656 e. The van der Waals surface area contributed by atoms with E-state index < -0.39 is 0 Å². The van der Waals surface area contributed by atoms with Crippen molar-refractivity contribution in [2.45, 2.75) is 0 Å². The van der Waals surface area contributed by atoms with E-state index in [0.717, 1.165) is 264 Å². The monoisotopic (exact) mass is 1480 g/mol. The molecule has 6 aromatic heterocycles. The van der Waals surface area contributed by atoms with Gasteiger partial charge in [-0.05, 0) is 230 Å². The molecular weight excluding hydrogens is 1430 g/mol. The SMILES string of the molecule is [Pd+2].c1ccc2cc3c(cc2c1)-c1nc-3c(-c2ccc3c(c2)oc2ccccc23)c2[n-]c(c(-c3ccc4c(c3)oc3ccccc34)c3nc(c(-c4ccc5c(c4)oc4ccccc45)c4[n-]c(c1-c1ccc5c(c1)oc1ccccc15)c1cc5ccccc5cc41)-c1cc4ccccc4cc1-3)c1cc3ccccc3cc21. The van der Waals surface area contributed by atoms with Crippen LogP contribution in [0.5, 0.6) is 0 Å². The number of fused-ring (bicyclic) bond motifs is 16. The van der Waals surface area contributed by atoms with Gasteiger partial charge in [-0.2, -0.15) is 0 Å². The molecule has 22 aromatic rings. The molecule has 109 heavy (non-hydrogen) atoms. The summed E-state index contributed by atoms with van der Waals surface area (Å²) in [5.41, 5.74) is 22.9. The Kier molecular flexibility index (Phi) is 12.5. The van der Waals surface area contributed by atoms with E-state index in [0.29, 0.717) is 0 Å². The summed E-state index contributed by atoms with van der Waals surface area (Å²) in [5, 5.41) is 20.6. The van der Waals surface area contributed by atoms with Crippen molar-refractivity contribution >= 4 is 174 Å². The van der Waals surface area contributed by atoms with Crippen LogP contribution in [0.3, 0.4) is 0 Å². The number of para-hydroxylation sites is 4. The smallest absolute Gasteiger partial charge is 0.656 e. The first-order valence-corrected chi connectivity index (χ1v) is 36.6. The number of rotatable bonds is 4. The first-order valence-electron chi connectivity index (χ1n) is 36.6. The van der Waals surface area contributed by atoms with E-state index in [4.69, 9.17) is 37.6 Å². The Morgan fingerprint density at radius 3 is 0.624 bits per heavy atom. The van der Waals surface area contributed by atoms with Gasteiger partial charge in [0.05, 0.1) is 22.8 Å². The maximum absolute atomic E-state index is 6.95. The van der Waals surface area contributed by atoms with Crippen LogP contribution < -0.4 is 9.97 Å². The van der Waals surface area contributed by atoms with Crippen molar-refractivity contribution < 1.29 is 38.1 Å². The third-order valence-corrected chi connectivity index (χ3v) is 23.0. The van der Waals surface area contributed by atoms with E-state index in [1.54, 1.807) is 0 Å². The number of nitrogens with zero attached hydrogens (tertiary/aromatic N) is 4. The summed E-state index contributed by atoms with van der Waals surface area (Å²) in [5.74, 6) is 0. The normalized spacial score (nSPS) is 12.3. The van der Waals surface area contributed by atoms with Gasteiger partial charge in [0.15, 0.2) is 0 Å². The second-order valence-electron chi connectivity index (χ2n) is 29.0. The molecule has 1 aliphatic carbocycles. The van der Waals surface area contributed by atoms with Gasteiger partial charge in [-0.25, -0.2) is 9.97 Å². The van der Waals surface area contributed by atoms with Crippen molar-refractivity contribution in [2.24, 2.45) is 0 Å². The van der Waals surface area contributed by atoms with E-state index in [2.05, 4.69) is 267 Å². The molecule has 0 unspecified atom stereocenters. The van der Waals surface area contributed by atoms with Crippen molar-refractivity contribution in [1.29, 1.82) is 0 Å². The number of furan rings is 4. The van der Waals surface area contributed by atoms with Crippen LogP contribution in [0.25, 0.3) is 264 Å². The summed E-state index contributed by atoms with van der Waals surface area (Å²) >= 11 is 0. The Hall–Kier alpha value is -13.9. The molecule has 0 N–H and O–H groups in total. The minimum atomic E-state index is 0. The molecule has 0 radical (unpaired) electrons. The van der Waals surface area contributed by atoms with Crippen LogP contribution in [0, 0.1) is 0 Å².